The number of esters is 1. The minimum Gasteiger partial charge on any atom is -0.462 e. The van der Waals surface area contributed by atoms with Crippen LogP contribution in [0.25, 0.3) is 0 Å². The summed E-state index contributed by atoms with van der Waals surface area (Å²) in [4.78, 5) is 29.0. The molecule has 1 fully saturated rings. The molecule has 0 aliphatic carbocycles. The van der Waals surface area contributed by atoms with E-state index in [1.54, 1.807) is 11.8 Å². The molecule has 0 atom stereocenters. The highest BCUT2D eigenvalue weighted by molar-refractivity contribution is 5.98. The highest BCUT2D eigenvalue weighted by atomic mass is 16.5. The molecule has 1 aliphatic rings. The molecule has 2 rings (SSSR count). The molecular formula is C12H16N4O3. The Bertz CT molecular complexity index is 504. The maximum Gasteiger partial charge on any atom is 0.340 e. The van der Waals surface area contributed by atoms with Crippen LogP contribution in [0.4, 0.5) is 11.5 Å². The van der Waals surface area contributed by atoms with Crippen molar-refractivity contribution in [2.45, 2.75) is 6.92 Å². The molecule has 7 nitrogen and oxygen atoms in total. The van der Waals surface area contributed by atoms with Gasteiger partial charge in [0.15, 0.2) is 5.82 Å². The van der Waals surface area contributed by atoms with Crippen molar-refractivity contribution in [3.05, 3.63) is 17.8 Å². The smallest absolute Gasteiger partial charge is 0.340 e. The molecular weight excluding hydrogens is 248 g/mol. The van der Waals surface area contributed by atoms with Crippen molar-refractivity contribution in [2.24, 2.45) is 0 Å². The first-order valence-electron chi connectivity index (χ1n) is 6.06. The lowest BCUT2D eigenvalue weighted by molar-refractivity contribution is -0.120. The first-order valence-corrected chi connectivity index (χ1v) is 6.06. The zero-order valence-corrected chi connectivity index (χ0v) is 10.7. The quantitative estimate of drug-likeness (QED) is 0.732. The lowest BCUT2D eigenvalue weighted by Gasteiger charge is -2.28. The second kappa shape index (κ2) is 5.55. The molecule has 7 heteroatoms. The normalized spacial score (nSPS) is 15.0. The van der Waals surface area contributed by atoms with E-state index in [2.05, 4.69) is 10.3 Å². The van der Waals surface area contributed by atoms with Gasteiger partial charge in [0, 0.05) is 19.3 Å². The topological polar surface area (TPSA) is 97.5 Å². The van der Waals surface area contributed by atoms with Crippen LogP contribution in [-0.2, 0) is 9.53 Å². The third-order valence-corrected chi connectivity index (χ3v) is 2.80. The number of rotatable bonds is 3. The second-order valence-corrected chi connectivity index (χ2v) is 4.09. The molecule has 0 spiro atoms. The predicted molar refractivity (Wildman–Crippen MR) is 69.8 cm³/mol. The molecule has 1 saturated heterocycles. The third-order valence-electron chi connectivity index (χ3n) is 2.80. The number of ether oxygens (including phenoxy) is 1. The Morgan fingerprint density at radius 2 is 2.42 bits per heavy atom. The number of carbonyl (C=O) groups excluding carboxylic acids is 2. The fourth-order valence-corrected chi connectivity index (χ4v) is 1.92. The number of amides is 1. The van der Waals surface area contributed by atoms with Crippen molar-refractivity contribution in [1.82, 2.24) is 10.3 Å². The molecule has 0 aromatic carbocycles. The van der Waals surface area contributed by atoms with E-state index in [4.69, 9.17) is 10.5 Å². The molecule has 1 aromatic rings. The van der Waals surface area contributed by atoms with Crippen LogP contribution in [0.5, 0.6) is 0 Å². The minimum absolute atomic E-state index is 0.0889. The minimum atomic E-state index is -0.481. The van der Waals surface area contributed by atoms with E-state index >= 15 is 0 Å². The molecule has 3 N–H and O–H groups in total. The number of carbonyl (C=O) groups is 2. The van der Waals surface area contributed by atoms with Gasteiger partial charge >= 0.3 is 5.97 Å². The molecule has 102 valence electrons. The number of nitrogen functional groups attached to an aromatic ring is 1. The van der Waals surface area contributed by atoms with Crippen LogP contribution in [0, 0.1) is 0 Å². The highest BCUT2D eigenvalue weighted by Crippen LogP contribution is 2.24. The van der Waals surface area contributed by atoms with Crippen LogP contribution in [0.15, 0.2) is 12.3 Å². The first kappa shape index (κ1) is 13.1. The summed E-state index contributed by atoms with van der Waals surface area (Å²) in [5.74, 6) is -0.125. The van der Waals surface area contributed by atoms with Crippen LogP contribution in [-0.4, -0.2) is 43.1 Å². The van der Waals surface area contributed by atoms with Crippen LogP contribution < -0.4 is 16.0 Å². The van der Waals surface area contributed by atoms with Crippen molar-refractivity contribution in [1.29, 1.82) is 0 Å². The average molecular weight is 264 g/mol. The van der Waals surface area contributed by atoms with Gasteiger partial charge in [0.1, 0.15) is 0 Å². The Hall–Kier alpha value is -2.31. The van der Waals surface area contributed by atoms with Crippen LogP contribution in [0.2, 0.25) is 0 Å². The Kier molecular flexibility index (Phi) is 3.84. The maximum atomic E-state index is 11.7. The average Bonchev–Trinajstić information content (AvgIpc) is 2.39. The Morgan fingerprint density at radius 3 is 3.11 bits per heavy atom. The van der Waals surface area contributed by atoms with Crippen molar-refractivity contribution in [3.63, 3.8) is 0 Å². The second-order valence-electron chi connectivity index (χ2n) is 4.09. The number of nitrogens with two attached hydrogens (primary N) is 1. The summed E-state index contributed by atoms with van der Waals surface area (Å²) in [7, 11) is 0. The van der Waals surface area contributed by atoms with Gasteiger partial charge in [-0.3, -0.25) is 4.79 Å². The van der Waals surface area contributed by atoms with E-state index in [1.165, 1.54) is 12.3 Å². The molecule has 0 saturated carbocycles. The molecule has 0 bridgehead atoms. The van der Waals surface area contributed by atoms with Gasteiger partial charge in [-0.1, -0.05) is 0 Å². The number of piperazine rings is 1. The zero-order chi connectivity index (χ0) is 13.8. The van der Waals surface area contributed by atoms with E-state index in [-0.39, 0.29) is 30.3 Å². The molecule has 0 unspecified atom stereocenters. The lowest BCUT2D eigenvalue weighted by atomic mass is 10.2. The number of pyridine rings is 1. The zero-order valence-electron chi connectivity index (χ0n) is 10.7. The van der Waals surface area contributed by atoms with Crippen molar-refractivity contribution < 1.29 is 14.3 Å². The Labute approximate surface area is 110 Å². The monoisotopic (exact) mass is 264 g/mol. The van der Waals surface area contributed by atoms with Gasteiger partial charge in [-0.25, -0.2) is 9.78 Å². The summed E-state index contributed by atoms with van der Waals surface area (Å²) < 4.78 is 4.93. The van der Waals surface area contributed by atoms with E-state index in [9.17, 15) is 9.59 Å². The summed E-state index contributed by atoms with van der Waals surface area (Å²) in [6.45, 7) is 3.33. The van der Waals surface area contributed by atoms with Crippen molar-refractivity contribution >= 4 is 23.4 Å². The fraction of sp³-hybridized carbons (Fsp3) is 0.417. The Balaban J connectivity index is 2.28. The van der Waals surface area contributed by atoms with Gasteiger partial charge in [-0.2, -0.15) is 0 Å². The van der Waals surface area contributed by atoms with Gasteiger partial charge in [0.2, 0.25) is 5.91 Å². The molecule has 1 aliphatic heterocycles. The SMILES string of the molecule is CCOC(=O)c1ccnc(N2CCNC(=O)C2)c1N. The molecule has 2 heterocycles. The summed E-state index contributed by atoms with van der Waals surface area (Å²) in [5, 5.41) is 2.72. The van der Waals surface area contributed by atoms with Gasteiger partial charge < -0.3 is 20.7 Å². The number of anilines is 2. The number of aromatic nitrogens is 1. The fourth-order valence-electron chi connectivity index (χ4n) is 1.92. The van der Waals surface area contributed by atoms with Crippen LogP contribution >= 0.6 is 0 Å². The predicted octanol–water partition coefficient (Wildman–Crippen LogP) is -0.223. The molecule has 1 amide bonds. The Morgan fingerprint density at radius 1 is 1.63 bits per heavy atom. The molecule has 19 heavy (non-hydrogen) atoms. The largest absolute Gasteiger partial charge is 0.462 e. The van der Waals surface area contributed by atoms with Gasteiger partial charge in [-0.15, -0.1) is 0 Å². The van der Waals surface area contributed by atoms with Gasteiger partial charge in [0.25, 0.3) is 0 Å². The lowest BCUT2D eigenvalue weighted by Crippen LogP contribution is -2.48. The van der Waals surface area contributed by atoms with Crippen molar-refractivity contribution in [3.8, 4) is 0 Å². The van der Waals surface area contributed by atoms with E-state index in [0.29, 0.717) is 18.9 Å². The van der Waals surface area contributed by atoms with E-state index < -0.39 is 5.97 Å². The summed E-state index contributed by atoms with van der Waals surface area (Å²) >= 11 is 0. The maximum absolute atomic E-state index is 11.7. The number of hydrogen-bond donors (Lipinski definition) is 2. The van der Waals surface area contributed by atoms with E-state index in [0.717, 1.165) is 0 Å². The number of nitrogens with zero attached hydrogens (tertiary/aromatic N) is 2. The highest BCUT2D eigenvalue weighted by Gasteiger charge is 2.22. The van der Waals surface area contributed by atoms with Crippen LogP contribution in [0.3, 0.4) is 0 Å². The van der Waals surface area contributed by atoms with Crippen molar-refractivity contribution in [2.75, 3.05) is 36.9 Å². The summed E-state index contributed by atoms with van der Waals surface area (Å²) in [6, 6.07) is 1.51. The van der Waals surface area contributed by atoms with Gasteiger partial charge in [0.05, 0.1) is 24.4 Å². The van der Waals surface area contributed by atoms with Crippen LogP contribution in [0.1, 0.15) is 17.3 Å². The van der Waals surface area contributed by atoms with Gasteiger partial charge in [-0.05, 0) is 13.0 Å². The summed E-state index contributed by atoms with van der Waals surface area (Å²) in [6.07, 6.45) is 1.49. The molecule has 1 aromatic heterocycles. The molecule has 0 radical (unpaired) electrons. The summed E-state index contributed by atoms with van der Waals surface area (Å²) in [5.41, 5.74) is 6.48. The standard InChI is InChI=1S/C12H16N4O3/c1-2-19-12(18)8-3-4-15-11(10(8)13)16-6-5-14-9(17)7-16/h3-4H,2,5-7,13H2,1H3,(H,14,17). The third kappa shape index (κ3) is 2.75. The van der Waals surface area contributed by atoms with E-state index in [1.807, 2.05) is 0 Å². The number of nitrogens with one attached hydrogen (secondary N) is 1. The first-order chi connectivity index (χ1) is 9.13. The number of hydrogen-bond acceptors (Lipinski definition) is 6.